The van der Waals surface area contributed by atoms with E-state index in [1.807, 2.05) is 35.9 Å². The average molecular weight is 506 g/mol. The monoisotopic (exact) mass is 505 g/mol. The molecule has 1 aromatic carbocycles. The second kappa shape index (κ2) is 10.9. The van der Waals surface area contributed by atoms with Crippen molar-refractivity contribution in [2.75, 3.05) is 32.8 Å². The second-order valence-electron chi connectivity index (χ2n) is 10.9. The van der Waals surface area contributed by atoms with E-state index >= 15 is 0 Å². The Labute approximate surface area is 218 Å². The maximum absolute atomic E-state index is 13.6. The molecule has 37 heavy (non-hydrogen) atoms. The van der Waals surface area contributed by atoms with Crippen LogP contribution in [0.1, 0.15) is 88.2 Å². The van der Waals surface area contributed by atoms with E-state index in [1.165, 1.54) is 44.9 Å². The topological polar surface area (TPSA) is 92.2 Å². The Bertz CT molecular complexity index is 1250. The van der Waals surface area contributed by atoms with Crippen LogP contribution >= 0.6 is 0 Å². The van der Waals surface area contributed by atoms with Crippen LogP contribution in [0.25, 0.3) is 10.9 Å². The molecule has 6 rings (SSSR count). The molecule has 0 unspecified atom stereocenters. The Kier molecular flexibility index (Phi) is 7.24. The van der Waals surface area contributed by atoms with E-state index in [2.05, 4.69) is 30.3 Å². The number of nitrogens with one attached hydrogen (secondary N) is 1. The standard InChI is InChI=1S/C28H39N7O2/c1-2-37-23-12-13-25-20(18-23)19-24(28(36)29-25)26(27-30-31-32-35(27)22-10-6-7-11-22)34-16-14-33(15-17-34)21-8-4-3-5-9-21/h12-13,18-19,21-22,26H,2-11,14-17H2,1H3,(H,29,36)/t26-/m0/s1. The number of rotatable bonds is 7. The van der Waals surface area contributed by atoms with E-state index in [-0.39, 0.29) is 11.6 Å². The van der Waals surface area contributed by atoms with Gasteiger partial charge in [-0.15, -0.1) is 5.10 Å². The van der Waals surface area contributed by atoms with Gasteiger partial charge in [0.15, 0.2) is 5.82 Å². The van der Waals surface area contributed by atoms with Crippen LogP contribution in [0.3, 0.4) is 0 Å². The Balaban J connectivity index is 1.36. The molecule has 1 saturated heterocycles. The summed E-state index contributed by atoms with van der Waals surface area (Å²) in [5.41, 5.74) is 1.45. The molecular formula is C28H39N7O2. The number of piperazine rings is 1. The first kappa shape index (κ1) is 24.6. The SMILES string of the molecule is CCOc1ccc2[nH]c(=O)c([C@@H](c3nnnn3C3CCCC3)N3CCN(C4CCCCC4)CC3)cc2c1. The predicted molar refractivity (Wildman–Crippen MR) is 143 cm³/mol. The summed E-state index contributed by atoms with van der Waals surface area (Å²) < 4.78 is 7.76. The van der Waals surface area contributed by atoms with Crippen LogP contribution in [0.4, 0.5) is 0 Å². The summed E-state index contributed by atoms with van der Waals surface area (Å²) in [5.74, 6) is 1.60. The molecule has 3 aromatic rings. The largest absolute Gasteiger partial charge is 0.494 e. The predicted octanol–water partition coefficient (Wildman–Crippen LogP) is 4.07. The van der Waals surface area contributed by atoms with E-state index in [9.17, 15) is 4.79 Å². The normalized spacial score (nSPS) is 21.5. The number of aromatic nitrogens is 5. The third-order valence-corrected chi connectivity index (χ3v) is 8.69. The summed E-state index contributed by atoms with van der Waals surface area (Å²) in [6.07, 6.45) is 11.3. The Morgan fingerprint density at radius 2 is 1.70 bits per heavy atom. The van der Waals surface area contributed by atoms with Crippen LogP contribution in [0, 0.1) is 0 Å². The number of benzene rings is 1. The maximum Gasteiger partial charge on any atom is 0.253 e. The molecule has 2 saturated carbocycles. The van der Waals surface area contributed by atoms with E-state index in [0.29, 0.717) is 24.3 Å². The zero-order valence-electron chi connectivity index (χ0n) is 21.9. The maximum atomic E-state index is 13.6. The third kappa shape index (κ3) is 5.03. The van der Waals surface area contributed by atoms with Gasteiger partial charge in [0.1, 0.15) is 11.8 Å². The van der Waals surface area contributed by atoms with Gasteiger partial charge in [-0.2, -0.15) is 0 Å². The van der Waals surface area contributed by atoms with Crippen molar-refractivity contribution in [3.8, 4) is 5.75 Å². The minimum atomic E-state index is -0.284. The van der Waals surface area contributed by atoms with Gasteiger partial charge >= 0.3 is 0 Å². The fourth-order valence-corrected chi connectivity index (χ4v) is 6.76. The zero-order chi connectivity index (χ0) is 25.2. The Hall–Kier alpha value is -2.78. The molecule has 0 bridgehead atoms. The third-order valence-electron chi connectivity index (χ3n) is 8.69. The molecule has 9 nitrogen and oxygen atoms in total. The molecular weight excluding hydrogens is 466 g/mol. The average Bonchev–Trinajstić information content (AvgIpc) is 3.63. The number of hydrogen-bond acceptors (Lipinski definition) is 7. The molecule has 3 fully saturated rings. The first-order chi connectivity index (χ1) is 18.2. The number of pyridine rings is 1. The molecule has 3 aliphatic rings. The number of fused-ring (bicyclic) bond motifs is 1. The minimum Gasteiger partial charge on any atom is -0.494 e. The van der Waals surface area contributed by atoms with Crippen LogP contribution in [0.15, 0.2) is 29.1 Å². The summed E-state index contributed by atoms with van der Waals surface area (Å²) in [7, 11) is 0. The quantitative estimate of drug-likeness (QED) is 0.517. The van der Waals surface area contributed by atoms with Crippen LogP contribution in [0.2, 0.25) is 0 Å². The second-order valence-corrected chi connectivity index (χ2v) is 10.9. The van der Waals surface area contributed by atoms with Crippen molar-refractivity contribution in [2.24, 2.45) is 0 Å². The number of ether oxygens (including phenoxy) is 1. The van der Waals surface area contributed by atoms with Crippen molar-refractivity contribution >= 4 is 10.9 Å². The van der Waals surface area contributed by atoms with Gasteiger partial charge in [0.2, 0.25) is 0 Å². The van der Waals surface area contributed by atoms with E-state index < -0.39 is 0 Å². The van der Waals surface area contributed by atoms with Crippen molar-refractivity contribution in [3.63, 3.8) is 0 Å². The van der Waals surface area contributed by atoms with E-state index in [0.717, 1.165) is 61.5 Å². The van der Waals surface area contributed by atoms with E-state index in [4.69, 9.17) is 4.74 Å². The lowest BCUT2D eigenvalue weighted by molar-refractivity contribution is 0.0613. The van der Waals surface area contributed by atoms with Gasteiger partial charge in [-0.3, -0.25) is 14.6 Å². The highest BCUT2D eigenvalue weighted by Gasteiger charge is 2.36. The molecule has 2 aliphatic carbocycles. The molecule has 1 aliphatic heterocycles. The summed E-state index contributed by atoms with van der Waals surface area (Å²) in [6, 6.07) is 8.60. The van der Waals surface area contributed by atoms with Crippen molar-refractivity contribution < 1.29 is 4.74 Å². The lowest BCUT2D eigenvalue weighted by Gasteiger charge is -2.43. The van der Waals surface area contributed by atoms with E-state index in [1.54, 1.807) is 0 Å². The summed E-state index contributed by atoms with van der Waals surface area (Å²) in [4.78, 5) is 21.8. The van der Waals surface area contributed by atoms with Gasteiger partial charge in [0.05, 0.1) is 12.6 Å². The lowest BCUT2D eigenvalue weighted by Crippen LogP contribution is -2.52. The van der Waals surface area contributed by atoms with Crippen LogP contribution in [0.5, 0.6) is 5.75 Å². The molecule has 2 aromatic heterocycles. The first-order valence-electron chi connectivity index (χ1n) is 14.3. The number of tetrazole rings is 1. The lowest BCUT2D eigenvalue weighted by atomic mass is 9.93. The fraction of sp³-hybridized carbons (Fsp3) is 0.643. The van der Waals surface area contributed by atoms with Crippen LogP contribution in [-0.4, -0.2) is 73.8 Å². The zero-order valence-corrected chi connectivity index (χ0v) is 21.9. The molecule has 0 radical (unpaired) electrons. The molecule has 0 amide bonds. The highest BCUT2D eigenvalue weighted by atomic mass is 16.5. The summed E-state index contributed by atoms with van der Waals surface area (Å²) >= 11 is 0. The number of aromatic amines is 1. The van der Waals surface area contributed by atoms with Crippen molar-refractivity contribution in [1.82, 2.24) is 35.0 Å². The van der Waals surface area contributed by atoms with Gasteiger partial charge in [0.25, 0.3) is 5.56 Å². The molecule has 9 heteroatoms. The number of nitrogens with zero attached hydrogens (tertiary/aromatic N) is 6. The van der Waals surface area contributed by atoms with Gasteiger partial charge < -0.3 is 9.72 Å². The molecule has 1 N–H and O–H groups in total. The van der Waals surface area contributed by atoms with Gasteiger partial charge in [-0.1, -0.05) is 32.1 Å². The van der Waals surface area contributed by atoms with Crippen molar-refractivity contribution in [3.05, 3.63) is 46.0 Å². The highest BCUT2D eigenvalue weighted by Crippen LogP contribution is 2.35. The van der Waals surface area contributed by atoms with Gasteiger partial charge in [-0.25, -0.2) is 4.68 Å². The smallest absolute Gasteiger partial charge is 0.253 e. The van der Waals surface area contributed by atoms with Crippen molar-refractivity contribution in [1.29, 1.82) is 0 Å². The summed E-state index contributed by atoms with van der Waals surface area (Å²) in [5, 5.41) is 14.1. The molecule has 1 atom stereocenters. The fourth-order valence-electron chi connectivity index (χ4n) is 6.76. The number of hydrogen-bond donors (Lipinski definition) is 1. The van der Waals surface area contributed by atoms with Crippen molar-refractivity contribution in [2.45, 2.75) is 82.8 Å². The summed E-state index contributed by atoms with van der Waals surface area (Å²) in [6.45, 7) is 6.42. The Morgan fingerprint density at radius 1 is 0.973 bits per heavy atom. The van der Waals surface area contributed by atoms with Crippen LogP contribution < -0.4 is 10.3 Å². The van der Waals surface area contributed by atoms with Crippen LogP contribution in [-0.2, 0) is 0 Å². The van der Waals surface area contributed by atoms with Gasteiger partial charge in [-0.05, 0) is 67.3 Å². The first-order valence-corrected chi connectivity index (χ1v) is 14.3. The Morgan fingerprint density at radius 3 is 2.46 bits per heavy atom. The van der Waals surface area contributed by atoms with Gasteiger partial charge in [0, 0.05) is 48.7 Å². The number of H-pyrrole nitrogens is 1. The molecule has 198 valence electrons. The molecule has 3 heterocycles. The molecule has 0 spiro atoms. The minimum absolute atomic E-state index is 0.0719. The highest BCUT2D eigenvalue weighted by molar-refractivity contribution is 5.80.